The number of carbonyl (C=O) groups excluding carboxylic acids is 1. The molecule has 4 heteroatoms. The Morgan fingerprint density at radius 2 is 2.27 bits per heavy atom. The van der Waals surface area contributed by atoms with Crippen LogP contribution in [0.15, 0.2) is 0 Å². The second-order valence-corrected chi connectivity index (χ2v) is 4.74. The van der Waals surface area contributed by atoms with Gasteiger partial charge in [0.25, 0.3) is 0 Å². The van der Waals surface area contributed by atoms with E-state index in [1.54, 1.807) is 0 Å². The van der Waals surface area contributed by atoms with E-state index in [1.807, 2.05) is 18.7 Å². The van der Waals surface area contributed by atoms with Crippen molar-refractivity contribution in [2.75, 3.05) is 19.0 Å². The van der Waals surface area contributed by atoms with E-state index in [-0.39, 0.29) is 24.7 Å². The molecular weight excluding hydrogens is 214 g/mol. The van der Waals surface area contributed by atoms with Crippen molar-refractivity contribution in [3.05, 3.63) is 0 Å². The molecule has 0 spiro atoms. The van der Waals surface area contributed by atoms with E-state index < -0.39 is 0 Å². The number of rotatable bonds is 4. The van der Waals surface area contributed by atoms with E-state index in [1.165, 1.54) is 0 Å². The van der Waals surface area contributed by atoms with Crippen molar-refractivity contribution in [2.45, 2.75) is 39.3 Å². The van der Waals surface area contributed by atoms with Gasteiger partial charge >= 0.3 is 0 Å². The molecule has 0 aromatic carbocycles. The number of amides is 1. The lowest BCUT2D eigenvalue weighted by molar-refractivity contribution is -0.138. The highest BCUT2D eigenvalue weighted by molar-refractivity contribution is 6.18. The lowest BCUT2D eigenvalue weighted by Crippen LogP contribution is -2.41. The Bertz CT molecular complexity index is 221. The molecule has 0 aromatic heterocycles. The third-order valence-corrected chi connectivity index (χ3v) is 3.22. The second-order valence-electron chi connectivity index (χ2n) is 4.43. The summed E-state index contributed by atoms with van der Waals surface area (Å²) in [6, 6.07) is 0.190. The van der Waals surface area contributed by atoms with Crippen molar-refractivity contribution < 1.29 is 9.53 Å². The molecule has 15 heavy (non-hydrogen) atoms. The van der Waals surface area contributed by atoms with Crippen LogP contribution < -0.4 is 0 Å². The zero-order valence-corrected chi connectivity index (χ0v) is 10.5. The first-order chi connectivity index (χ1) is 7.06. The summed E-state index contributed by atoms with van der Waals surface area (Å²) in [6.07, 6.45) is 1.15. The fourth-order valence-electron chi connectivity index (χ4n) is 1.87. The van der Waals surface area contributed by atoms with Crippen LogP contribution in [-0.2, 0) is 9.53 Å². The summed E-state index contributed by atoms with van der Waals surface area (Å²) in [5, 5.41) is 0. The molecule has 0 saturated carbocycles. The summed E-state index contributed by atoms with van der Waals surface area (Å²) in [5.74, 6) is 1.10. The fraction of sp³-hybridized carbons (Fsp3) is 0.909. The molecule has 0 aromatic rings. The molecule has 2 atom stereocenters. The SMILES string of the molecule is CC(C)OCC(=O)N1CCC(C)C1CCl. The number of hydrogen-bond donors (Lipinski definition) is 0. The summed E-state index contributed by atoms with van der Waals surface area (Å²) in [6.45, 7) is 7.00. The Balaban J connectivity index is 2.45. The summed E-state index contributed by atoms with van der Waals surface area (Å²) < 4.78 is 5.31. The Kier molecular flexibility index (Phi) is 4.87. The molecule has 88 valence electrons. The van der Waals surface area contributed by atoms with Gasteiger partial charge in [0.15, 0.2) is 0 Å². The highest BCUT2D eigenvalue weighted by atomic mass is 35.5. The average molecular weight is 234 g/mol. The number of carbonyl (C=O) groups is 1. The number of nitrogens with zero attached hydrogens (tertiary/aromatic N) is 1. The highest BCUT2D eigenvalue weighted by Crippen LogP contribution is 2.24. The predicted molar refractivity (Wildman–Crippen MR) is 61.1 cm³/mol. The van der Waals surface area contributed by atoms with Crippen LogP contribution in [0.3, 0.4) is 0 Å². The molecule has 1 fully saturated rings. The topological polar surface area (TPSA) is 29.5 Å². The zero-order chi connectivity index (χ0) is 11.4. The molecule has 1 aliphatic heterocycles. The van der Waals surface area contributed by atoms with Crippen molar-refractivity contribution in [2.24, 2.45) is 5.92 Å². The minimum atomic E-state index is 0.0682. The molecule has 1 aliphatic rings. The molecule has 1 amide bonds. The minimum absolute atomic E-state index is 0.0682. The smallest absolute Gasteiger partial charge is 0.248 e. The number of alkyl halides is 1. The molecule has 1 saturated heterocycles. The summed E-state index contributed by atoms with van der Waals surface area (Å²) in [4.78, 5) is 13.7. The van der Waals surface area contributed by atoms with Gasteiger partial charge < -0.3 is 9.64 Å². The third-order valence-electron chi connectivity index (χ3n) is 2.90. The third kappa shape index (κ3) is 3.35. The Morgan fingerprint density at radius 3 is 2.80 bits per heavy atom. The van der Waals surface area contributed by atoms with Crippen molar-refractivity contribution in [3.63, 3.8) is 0 Å². The zero-order valence-electron chi connectivity index (χ0n) is 9.70. The van der Waals surface area contributed by atoms with E-state index in [2.05, 4.69) is 6.92 Å². The lowest BCUT2D eigenvalue weighted by Gasteiger charge is -2.25. The van der Waals surface area contributed by atoms with Gasteiger partial charge in [-0.15, -0.1) is 11.6 Å². The molecule has 0 aliphatic carbocycles. The number of ether oxygens (including phenoxy) is 1. The van der Waals surface area contributed by atoms with Crippen molar-refractivity contribution in [1.29, 1.82) is 0 Å². The normalized spacial score (nSPS) is 26.3. The molecule has 1 rings (SSSR count). The van der Waals surface area contributed by atoms with Gasteiger partial charge in [-0.3, -0.25) is 4.79 Å². The van der Waals surface area contributed by atoms with Crippen LogP contribution in [0, 0.1) is 5.92 Å². The van der Waals surface area contributed by atoms with Crippen LogP contribution >= 0.6 is 11.6 Å². The van der Waals surface area contributed by atoms with Crippen LogP contribution in [0.5, 0.6) is 0 Å². The van der Waals surface area contributed by atoms with E-state index >= 15 is 0 Å². The van der Waals surface area contributed by atoms with E-state index in [4.69, 9.17) is 16.3 Å². The Labute approximate surface area is 96.7 Å². The summed E-state index contributed by atoms with van der Waals surface area (Å²) >= 11 is 5.87. The maximum Gasteiger partial charge on any atom is 0.248 e. The standard InChI is InChI=1S/C11H20ClNO2/c1-8(2)15-7-11(14)13-5-4-9(3)10(13)6-12/h8-10H,4-7H2,1-3H3. The van der Waals surface area contributed by atoms with Gasteiger partial charge in [0.1, 0.15) is 6.61 Å². The molecule has 2 unspecified atom stereocenters. The van der Waals surface area contributed by atoms with Gasteiger partial charge in [-0.2, -0.15) is 0 Å². The quantitative estimate of drug-likeness (QED) is 0.694. The van der Waals surface area contributed by atoms with Crippen LogP contribution in [0.2, 0.25) is 0 Å². The number of likely N-dealkylation sites (tertiary alicyclic amines) is 1. The highest BCUT2D eigenvalue weighted by Gasteiger charge is 2.33. The van der Waals surface area contributed by atoms with Gasteiger partial charge in [-0.25, -0.2) is 0 Å². The van der Waals surface area contributed by atoms with Gasteiger partial charge in [0.2, 0.25) is 5.91 Å². The van der Waals surface area contributed by atoms with Crippen LogP contribution in [0.25, 0.3) is 0 Å². The fourth-order valence-corrected chi connectivity index (χ4v) is 2.34. The second kappa shape index (κ2) is 5.71. The largest absolute Gasteiger partial charge is 0.369 e. The van der Waals surface area contributed by atoms with Crippen molar-refractivity contribution in [3.8, 4) is 0 Å². The monoisotopic (exact) mass is 233 g/mol. The van der Waals surface area contributed by atoms with Gasteiger partial charge in [0, 0.05) is 18.5 Å². The van der Waals surface area contributed by atoms with Crippen molar-refractivity contribution in [1.82, 2.24) is 4.90 Å². The Morgan fingerprint density at radius 1 is 1.60 bits per heavy atom. The van der Waals surface area contributed by atoms with E-state index in [0.29, 0.717) is 11.8 Å². The lowest BCUT2D eigenvalue weighted by atomic mass is 10.1. The average Bonchev–Trinajstić information content (AvgIpc) is 2.55. The Hall–Kier alpha value is -0.280. The molecular formula is C11H20ClNO2. The first kappa shape index (κ1) is 12.8. The van der Waals surface area contributed by atoms with Crippen LogP contribution in [0.1, 0.15) is 27.2 Å². The minimum Gasteiger partial charge on any atom is -0.369 e. The van der Waals surface area contributed by atoms with Gasteiger partial charge in [0.05, 0.1) is 6.10 Å². The first-order valence-electron chi connectivity index (χ1n) is 5.53. The van der Waals surface area contributed by atoms with Gasteiger partial charge in [-0.05, 0) is 26.2 Å². The first-order valence-corrected chi connectivity index (χ1v) is 6.06. The van der Waals surface area contributed by atoms with Gasteiger partial charge in [-0.1, -0.05) is 6.92 Å². The molecule has 0 N–H and O–H groups in total. The van der Waals surface area contributed by atoms with E-state index in [0.717, 1.165) is 13.0 Å². The molecule has 0 bridgehead atoms. The van der Waals surface area contributed by atoms with E-state index in [9.17, 15) is 4.79 Å². The summed E-state index contributed by atoms with van der Waals surface area (Å²) in [7, 11) is 0. The maximum absolute atomic E-state index is 11.8. The van der Waals surface area contributed by atoms with Crippen LogP contribution in [-0.4, -0.2) is 42.0 Å². The summed E-state index contributed by atoms with van der Waals surface area (Å²) in [5.41, 5.74) is 0. The number of halogens is 1. The molecule has 1 heterocycles. The predicted octanol–water partition coefficient (Wildman–Crippen LogP) is 1.89. The van der Waals surface area contributed by atoms with Crippen molar-refractivity contribution >= 4 is 17.5 Å². The maximum atomic E-state index is 11.8. The van der Waals surface area contributed by atoms with Crippen LogP contribution in [0.4, 0.5) is 0 Å². The number of hydrogen-bond acceptors (Lipinski definition) is 2. The molecule has 0 radical (unpaired) electrons. The molecule has 3 nitrogen and oxygen atoms in total.